The summed E-state index contributed by atoms with van der Waals surface area (Å²) in [4.78, 5) is 39.6. The molecule has 2 aromatic carbocycles. The molecular weight excluding hydrogens is 436 g/mol. The highest BCUT2D eigenvalue weighted by Gasteiger charge is 2.26. The molecule has 9 nitrogen and oxygen atoms in total. The fourth-order valence-electron chi connectivity index (χ4n) is 2.81. The number of carbonyl (C=O) groups excluding carboxylic acids is 2. The van der Waals surface area contributed by atoms with Crippen molar-refractivity contribution < 1.29 is 23.9 Å². The van der Waals surface area contributed by atoms with E-state index in [9.17, 15) is 19.5 Å². The van der Waals surface area contributed by atoms with Crippen LogP contribution >= 0.6 is 11.6 Å². The number of carboxylic acids is 1. The Morgan fingerprint density at radius 3 is 2.34 bits per heavy atom. The van der Waals surface area contributed by atoms with Gasteiger partial charge in [0, 0.05) is 22.0 Å². The maximum Gasteiger partial charge on any atom is 0.326 e. The van der Waals surface area contributed by atoms with Gasteiger partial charge in [-0.25, -0.2) is 14.6 Å². The van der Waals surface area contributed by atoms with E-state index in [4.69, 9.17) is 16.0 Å². The van der Waals surface area contributed by atoms with Gasteiger partial charge in [0.15, 0.2) is 5.76 Å². The Balaban J connectivity index is 1.62. The highest BCUT2D eigenvalue weighted by Crippen LogP contribution is 2.23. The zero-order valence-electron chi connectivity index (χ0n) is 17.3. The van der Waals surface area contributed by atoms with Crippen molar-refractivity contribution in [3.05, 3.63) is 65.6 Å². The Bertz CT molecular complexity index is 1130. The minimum atomic E-state index is -1.14. The quantitative estimate of drug-likeness (QED) is 0.414. The molecule has 1 atom stereocenters. The van der Waals surface area contributed by atoms with Gasteiger partial charge in [0.1, 0.15) is 6.04 Å². The lowest BCUT2D eigenvalue weighted by atomic mass is 10.1. The number of hydrogen-bond donors (Lipinski definition) is 4. The first-order valence-electron chi connectivity index (χ1n) is 9.66. The number of benzene rings is 2. The number of aromatic nitrogens is 1. The number of carbonyl (C=O) groups is 3. The van der Waals surface area contributed by atoms with Crippen molar-refractivity contribution in [2.45, 2.75) is 19.9 Å². The van der Waals surface area contributed by atoms with E-state index in [1.54, 1.807) is 62.4 Å². The summed E-state index contributed by atoms with van der Waals surface area (Å²) in [5.41, 5.74) is 1.71. The zero-order valence-corrected chi connectivity index (χ0v) is 18.0. The summed E-state index contributed by atoms with van der Waals surface area (Å²) in [6.07, 6.45) is 1.37. The van der Waals surface area contributed by atoms with Crippen molar-refractivity contribution in [3.63, 3.8) is 0 Å². The molecule has 3 amide bonds. The molecule has 0 aliphatic heterocycles. The predicted molar refractivity (Wildman–Crippen MR) is 120 cm³/mol. The van der Waals surface area contributed by atoms with Gasteiger partial charge in [0.2, 0.25) is 0 Å². The predicted octanol–water partition coefficient (Wildman–Crippen LogP) is 4.48. The number of anilines is 2. The standard InChI is InChI=1S/C22H21ClN4O5/c1-12(2)18(21(29)30)27-19(28)20-24-11-17(32-20)13-6-8-15(9-7-13)25-22(31)26-16-5-3-4-14(23)10-16/h3-12,18H,1-2H3,(H,27,28)(H,29,30)(H2,25,26,31). The Hall–Kier alpha value is -3.85. The van der Waals surface area contributed by atoms with Crippen LogP contribution < -0.4 is 16.0 Å². The van der Waals surface area contributed by atoms with Gasteiger partial charge >= 0.3 is 17.9 Å². The molecule has 10 heteroatoms. The van der Waals surface area contributed by atoms with Gasteiger partial charge in [-0.2, -0.15) is 0 Å². The normalized spacial score (nSPS) is 11.6. The molecule has 32 heavy (non-hydrogen) atoms. The third kappa shape index (κ3) is 5.86. The molecule has 1 unspecified atom stereocenters. The van der Waals surface area contributed by atoms with Crippen LogP contribution in [-0.2, 0) is 4.79 Å². The van der Waals surface area contributed by atoms with E-state index >= 15 is 0 Å². The van der Waals surface area contributed by atoms with Crippen molar-refractivity contribution >= 4 is 40.9 Å². The molecule has 0 radical (unpaired) electrons. The number of nitrogens with zero attached hydrogens (tertiary/aromatic N) is 1. The van der Waals surface area contributed by atoms with Crippen LogP contribution in [0.3, 0.4) is 0 Å². The number of aliphatic carboxylic acids is 1. The summed E-state index contributed by atoms with van der Waals surface area (Å²) in [7, 11) is 0. The number of oxazole rings is 1. The molecule has 166 valence electrons. The molecule has 4 N–H and O–H groups in total. The Morgan fingerprint density at radius 2 is 1.72 bits per heavy atom. The van der Waals surface area contributed by atoms with Crippen molar-refractivity contribution in [3.8, 4) is 11.3 Å². The summed E-state index contributed by atoms with van der Waals surface area (Å²) in [6.45, 7) is 3.37. The monoisotopic (exact) mass is 456 g/mol. The highest BCUT2D eigenvalue weighted by atomic mass is 35.5. The lowest BCUT2D eigenvalue weighted by Gasteiger charge is -2.16. The van der Waals surface area contributed by atoms with E-state index in [1.807, 2.05) is 0 Å². The smallest absolute Gasteiger partial charge is 0.326 e. The van der Waals surface area contributed by atoms with E-state index in [-0.39, 0.29) is 11.8 Å². The van der Waals surface area contributed by atoms with Gasteiger partial charge < -0.3 is 25.5 Å². The van der Waals surface area contributed by atoms with Gasteiger partial charge in [0.05, 0.1) is 6.20 Å². The summed E-state index contributed by atoms with van der Waals surface area (Å²) in [5, 5.41) is 17.5. The molecule has 3 aromatic rings. The second kappa shape index (κ2) is 9.97. The molecular formula is C22H21ClN4O5. The molecule has 0 saturated heterocycles. The molecule has 0 aliphatic carbocycles. The number of hydrogen-bond acceptors (Lipinski definition) is 5. The van der Waals surface area contributed by atoms with Crippen LogP contribution in [0.5, 0.6) is 0 Å². The maximum atomic E-state index is 12.3. The molecule has 0 bridgehead atoms. The number of carboxylic acid groups (broad SMARTS) is 1. The zero-order chi connectivity index (χ0) is 23.3. The minimum Gasteiger partial charge on any atom is -0.480 e. The number of rotatable bonds is 7. The van der Waals surface area contributed by atoms with Crippen LogP contribution in [0, 0.1) is 5.92 Å². The highest BCUT2D eigenvalue weighted by molar-refractivity contribution is 6.30. The van der Waals surface area contributed by atoms with Crippen molar-refractivity contribution in [1.82, 2.24) is 10.3 Å². The minimum absolute atomic E-state index is 0.241. The van der Waals surface area contributed by atoms with Gasteiger partial charge in [-0.05, 0) is 48.4 Å². The number of halogens is 1. The van der Waals surface area contributed by atoms with Crippen molar-refractivity contribution in [2.75, 3.05) is 10.6 Å². The Morgan fingerprint density at radius 1 is 1.03 bits per heavy atom. The molecule has 0 spiro atoms. The molecule has 1 heterocycles. The largest absolute Gasteiger partial charge is 0.480 e. The molecule has 0 aliphatic rings. The van der Waals surface area contributed by atoms with Crippen molar-refractivity contribution in [1.29, 1.82) is 0 Å². The lowest BCUT2D eigenvalue weighted by molar-refractivity contribution is -0.140. The number of amides is 3. The third-order valence-electron chi connectivity index (χ3n) is 4.43. The van der Waals surface area contributed by atoms with Crippen LogP contribution in [0.15, 0.2) is 59.1 Å². The van der Waals surface area contributed by atoms with Crippen molar-refractivity contribution in [2.24, 2.45) is 5.92 Å². The van der Waals surface area contributed by atoms with Crippen LogP contribution in [0.1, 0.15) is 24.5 Å². The van der Waals surface area contributed by atoms with Gasteiger partial charge in [-0.15, -0.1) is 0 Å². The van der Waals surface area contributed by atoms with E-state index < -0.39 is 23.9 Å². The van der Waals surface area contributed by atoms with E-state index in [2.05, 4.69) is 20.9 Å². The average molecular weight is 457 g/mol. The van der Waals surface area contributed by atoms with Gasteiger partial charge in [-0.1, -0.05) is 31.5 Å². The third-order valence-corrected chi connectivity index (χ3v) is 4.66. The molecule has 0 saturated carbocycles. The van der Waals surface area contributed by atoms with Gasteiger partial charge in [0.25, 0.3) is 5.89 Å². The van der Waals surface area contributed by atoms with Crippen LogP contribution in [0.4, 0.5) is 16.2 Å². The maximum absolute atomic E-state index is 12.3. The Labute approximate surface area is 188 Å². The van der Waals surface area contributed by atoms with E-state index in [0.29, 0.717) is 27.7 Å². The van der Waals surface area contributed by atoms with Crippen LogP contribution in [-0.4, -0.2) is 34.0 Å². The molecule has 0 fully saturated rings. The van der Waals surface area contributed by atoms with Crippen LogP contribution in [0.25, 0.3) is 11.3 Å². The first kappa shape index (κ1) is 22.8. The first-order valence-corrected chi connectivity index (χ1v) is 10.0. The number of nitrogens with one attached hydrogen (secondary N) is 3. The second-order valence-electron chi connectivity index (χ2n) is 7.23. The SMILES string of the molecule is CC(C)C(NC(=O)c1ncc(-c2ccc(NC(=O)Nc3cccc(Cl)c3)cc2)o1)C(=O)O. The molecule has 1 aromatic heterocycles. The summed E-state index contributed by atoms with van der Waals surface area (Å²) >= 11 is 5.90. The first-order chi connectivity index (χ1) is 15.2. The fraction of sp³-hybridized carbons (Fsp3) is 0.182. The second-order valence-corrected chi connectivity index (χ2v) is 7.67. The Kier molecular flexibility index (Phi) is 7.11. The van der Waals surface area contributed by atoms with Gasteiger partial charge in [-0.3, -0.25) is 4.79 Å². The molecule has 3 rings (SSSR count). The van der Waals surface area contributed by atoms with E-state index in [1.165, 1.54) is 6.20 Å². The lowest BCUT2D eigenvalue weighted by Crippen LogP contribution is -2.44. The average Bonchev–Trinajstić information content (AvgIpc) is 3.22. The summed E-state index contributed by atoms with van der Waals surface area (Å²) < 4.78 is 5.47. The van der Waals surface area contributed by atoms with Crippen LogP contribution in [0.2, 0.25) is 5.02 Å². The topological polar surface area (TPSA) is 134 Å². The summed E-state index contributed by atoms with van der Waals surface area (Å²) in [6, 6.07) is 12.0. The summed E-state index contributed by atoms with van der Waals surface area (Å²) in [5.74, 6) is -2.07. The fourth-order valence-corrected chi connectivity index (χ4v) is 3.00. The number of urea groups is 1. The van der Waals surface area contributed by atoms with E-state index in [0.717, 1.165) is 0 Å².